The number of benzene rings is 3. The molecule has 0 aromatic heterocycles. The molecule has 0 saturated carbocycles. The second-order valence-electron chi connectivity index (χ2n) is 8.47. The number of fused-ring (bicyclic) bond motifs is 1. The molecular weight excluding hydrogens is 464 g/mol. The summed E-state index contributed by atoms with van der Waals surface area (Å²) in [6.45, 7) is 0.741. The Bertz CT molecular complexity index is 1270. The van der Waals surface area contributed by atoms with E-state index in [0.29, 0.717) is 24.5 Å². The zero-order chi connectivity index (χ0) is 24.8. The molecule has 184 valence electrons. The third kappa shape index (κ3) is 6.01. The van der Waals surface area contributed by atoms with E-state index in [2.05, 4.69) is 5.32 Å². The van der Waals surface area contributed by atoms with Gasteiger partial charge in [0.1, 0.15) is 0 Å². The Kier molecular flexibility index (Phi) is 7.73. The van der Waals surface area contributed by atoms with Crippen molar-refractivity contribution >= 4 is 15.9 Å². The van der Waals surface area contributed by atoms with Crippen LogP contribution in [0.5, 0.6) is 11.5 Å². The van der Waals surface area contributed by atoms with Crippen LogP contribution >= 0.6 is 0 Å². The van der Waals surface area contributed by atoms with Crippen molar-refractivity contribution in [3.05, 3.63) is 83.4 Å². The maximum absolute atomic E-state index is 12.9. The van der Waals surface area contributed by atoms with Crippen LogP contribution in [0.1, 0.15) is 16.7 Å². The molecule has 8 heteroatoms. The third-order valence-corrected chi connectivity index (χ3v) is 8.00. The number of carbonyl (C=O) groups excluding carboxylic acids is 1. The summed E-state index contributed by atoms with van der Waals surface area (Å²) >= 11 is 0. The first kappa shape index (κ1) is 24.8. The lowest BCUT2D eigenvalue weighted by Crippen LogP contribution is -2.40. The van der Waals surface area contributed by atoms with Gasteiger partial charge in [0.05, 0.1) is 26.4 Å². The number of hydrogen-bond donors (Lipinski definition) is 1. The number of sulfonamides is 1. The Morgan fingerprint density at radius 3 is 2.20 bits per heavy atom. The summed E-state index contributed by atoms with van der Waals surface area (Å²) in [5, 5.41) is 2.74. The average molecular weight is 495 g/mol. The number of carbonyl (C=O) groups is 1. The molecule has 1 N–H and O–H groups in total. The number of methoxy groups -OCH3 is 2. The summed E-state index contributed by atoms with van der Waals surface area (Å²) in [5.74, 6) is 0.872. The van der Waals surface area contributed by atoms with Crippen LogP contribution in [0.25, 0.3) is 11.1 Å². The van der Waals surface area contributed by atoms with E-state index in [1.54, 1.807) is 14.2 Å². The number of nitrogens with one attached hydrogen (secondary N) is 1. The molecule has 4 rings (SSSR count). The first-order valence-electron chi connectivity index (χ1n) is 11.5. The predicted octanol–water partition coefficient (Wildman–Crippen LogP) is 3.42. The Balaban J connectivity index is 1.29. The molecule has 3 aromatic rings. The van der Waals surface area contributed by atoms with Crippen molar-refractivity contribution < 1.29 is 22.7 Å². The van der Waals surface area contributed by atoms with Crippen molar-refractivity contribution in [2.45, 2.75) is 19.4 Å². The smallest absolute Gasteiger partial charge is 0.224 e. The lowest BCUT2D eigenvalue weighted by Gasteiger charge is -2.29. The highest BCUT2D eigenvalue weighted by molar-refractivity contribution is 7.89. The second kappa shape index (κ2) is 10.9. The van der Waals surface area contributed by atoms with Gasteiger partial charge in [0.2, 0.25) is 15.9 Å². The molecule has 1 aliphatic rings. The Hall–Kier alpha value is -3.36. The minimum atomic E-state index is -3.52. The van der Waals surface area contributed by atoms with E-state index in [9.17, 15) is 13.2 Å². The van der Waals surface area contributed by atoms with Crippen LogP contribution in [0.2, 0.25) is 0 Å². The van der Waals surface area contributed by atoms with Crippen LogP contribution in [-0.2, 0) is 34.2 Å². The lowest BCUT2D eigenvalue weighted by atomic mass is 10.0. The van der Waals surface area contributed by atoms with E-state index in [0.717, 1.165) is 27.8 Å². The van der Waals surface area contributed by atoms with E-state index < -0.39 is 10.0 Å². The van der Waals surface area contributed by atoms with Crippen molar-refractivity contribution in [1.82, 2.24) is 9.62 Å². The largest absolute Gasteiger partial charge is 0.493 e. The van der Waals surface area contributed by atoms with Gasteiger partial charge in [-0.1, -0.05) is 54.6 Å². The quantitative estimate of drug-likeness (QED) is 0.493. The van der Waals surface area contributed by atoms with E-state index in [4.69, 9.17) is 9.47 Å². The van der Waals surface area contributed by atoms with Crippen LogP contribution < -0.4 is 14.8 Å². The molecular formula is C27H30N2O5S. The highest BCUT2D eigenvalue weighted by atomic mass is 32.2. The van der Waals surface area contributed by atoms with E-state index in [1.165, 1.54) is 4.31 Å². The maximum Gasteiger partial charge on any atom is 0.224 e. The fourth-order valence-corrected chi connectivity index (χ4v) is 5.56. The lowest BCUT2D eigenvalue weighted by molar-refractivity contribution is -0.120. The molecule has 1 amide bonds. The topological polar surface area (TPSA) is 84.9 Å². The van der Waals surface area contributed by atoms with E-state index >= 15 is 0 Å². The summed E-state index contributed by atoms with van der Waals surface area (Å²) in [4.78, 5) is 12.4. The Labute approximate surface area is 206 Å². The van der Waals surface area contributed by atoms with Gasteiger partial charge in [0, 0.05) is 19.6 Å². The summed E-state index contributed by atoms with van der Waals surface area (Å²) in [5.41, 5.74) is 5.04. The van der Waals surface area contributed by atoms with E-state index in [1.807, 2.05) is 66.7 Å². The molecule has 35 heavy (non-hydrogen) atoms. The molecule has 0 fully saturated rings. The van der Waals surface area contributed by atoms with Gasteiger partial charge in [-0.05, 0) is 46.4 Å². The van der Waals surface area contributed by atoms with E-state index in [-0.39, 0.29) is 31.2 Å². The van der Waals surface area contributed by atoms with Crippen LogP contribution in [0.3, 0.4) is 0 Å². The van der Waals surface area contributed by atoms with Crippen LogP contribution in [0.15, 0.2) is 66.7 Å². The minimum absolute atomic E-state index is 0.0680. The molecule has 0 atom stereocenters. The zero-order valence-corrected chi connectivity index (χ0v) is 20.8. The average Bonchev–Trinajstić information content (AvgIpc) is 2.88. The first-order valence-corrected chi connectivity index (χ1v) is 13.1. The molecule has 0 saturated heterocycles. The fraction of sp³-hybridized carbons (Fsp3) is 0.296. The van der Waals surface area contributed by atoms with Gasteiger partial charge in [-0.25, -0.2) is 8.42 Å². The Morgan fingerprint density at radius 1 is 0.914 bits per heavy atom. The van der Waals surface area contributed by atoms with Crippen LogP contribution in [0.4, 0.5) is 0 Å². The summed E-state index contributed by atoms with van der Waals surface area (Å²) in [6, 6.07) is 21.6. The highest BCUT2D eigenvalue weighted by Crippen LogP contribution is 2.33. The van der Waals surface area contributed by atoms with Crippen LogP contribution in [-0.4, -0.2) is 51.7 Å². The normalized spacial score (nSPS) is 13.7. The van der Waals surface area contributed by atoms with Gasteiger partial charge >= 0.3 is 0 Å². The first-order chi connectivity index (χ1) is 16.9. The van der Waals surface area contributed by atoms with Gasteiger partial charge in [-0.3, -0.25) is 4.79 Å². The van der Waals surface area contributed by atoms with Crippen molar-refractivity contribution in [3.8, 4) is 22.6 Å². The number of amides is 1. The van der Waals surface area contributed by atoms with Gasteiger partial charge in [0.15, 0.2) is 11.5 Å². The molecule has 0 spiro atoms. The maximum atomic E-state index is 12.9. The number of ether oxygens (including phenoxy) is 2. The van der Waals surface area contributed by atoms with Gasteiger partial charge in [-0.2, -0.15) is 4.31 Å². The predicted molar refractivity (Wildman–Crippen MR) is 136 cm³/mol. The molecule has 7 nitrogen and oxygen atoms in total. The third-order valence-electron chi connectivity index (χ3n) is 6.18. The monoisotopic (exact) mass is 494 g/mol. The zero-order valence-electron chi connectivity index (χ0n) is 20.0. The highest BCUT2D eigenvalue weighted by Gasteiger charge is 2.27. The Morgan fingerprint density at radius 2 is 1.54 bits per heavy atom. The molecule has 3 aromatic carbocycles. The molecule has 0 aliphatic carbocycles. The summed E-state index contributed by atoms with van der Waals surface area (Å²) < 4.78 is 38.0. The molecule has 1 aliphatic heterocycles. The van der Waals surface area contributed by atoms with Crippen molar-refractivity contribution in [2.24, 2.45) is 0 Å². The van der Waals surface area contributed by atoms with Crippen molar-refractivity contribution in [1.29, 1.82) is 0 Å². The summed E-state index contributed by atoms with van der Waals surface area (Å²) in [6.07, 6.45) is 0.800. The molecule has 0 unspecified atom stereocenters. The number of hydrogen-bond acceptors (Lipinski definition) is 5. The molecule has 1 heterocycles. The number of nitrogens with zero attached hydrogens (tertiary/aromatic N) is 1. The fourth-order valence-electron chi connectivity index (χ4n) is 4.24. The van der Waals surface area contributed by atoms with Crippen LogP contribution in [0, 0.1) is 0 Å². The SMILES string of the molecule is COc1cc2c(cc1OC)CN(S(=O)(=O)CCNC(=O)Cc1ccc(-c3ccccc3)cc1)CC2. The molecule has 0 bridgehead atoms. The van der Waals surface area contributed by atoms with Crippen molar-refractivity contribution in [3.63, 3.8) is 0 Å². The van der Waals surface area contributed by atoms with Gasteiger partial charge in [-0.15, -0.1) is 0 Å². The number of rotatable bonds is 9. The standard InChI is InChI=1S/C27H30N2O5S/c1-33-25-17-23-12-14-29(19-24(23)18-26(25)34-2)35(31,32)15-13-28-27(30)16-20-8-10-22(11-9-20)21-6-4-3-5-7-21/h3-11,17-18H,12-16,19H2,1-2H3,(H,28,30). The minimum Gasteiger partial charge on any atom is -0.493 e. The van der Waals surface area contributed by atoms with Crippen molar-refractivity contribution in [2.75, 3.05) is 33.1 Å². The second-order valence-corrected chi connectivity index (χ2v) is 10.6. The van der Waals surface area contributed by atoms with Gasteiger partial charge in [0.25, 0.3) is 0 Å². The molecule has 0 radical (unpaired) electrons. The summed E-state index contributed by atoms with van der Waals surface area (Å²) in [7, 11) is -0.381. The van der Waals surface area contributed by atoms with Gasteiger partial charge < -0.3 is 14.8 Å².